The first kappa shape index (κ1) is 20.3. The van der Waals surface area contributed by atoms with Crippen LogP contribution in [0.1, 0.15) is 19.5 Å². The molecular formula is C22H22N6O3. The van der Waals surface area contributed by atoms with E-state index in [1.807, 2.05) is 50.2 Å². The molecule has 9 nitrogen and oxygen atoms in total. The van der Waals surface area contributed by atoms with Gasteiger partial charge in [0.05, 0.1) is 6.54 Å². The highest BCUT2D eigenvalue weighted by molar-refractivity contribution is 5.99. The van der Waals surface area contributed by atoms with Crippen molar-refractivity contribution < 1.29 is 9.90 Å². The molecular weight excluding hydrogens is 396 g/mol. The summed E-state index contributed by atoms with van der Waals surface area (Å²) in [5, 5.41) is 27.1. The molecule has 31 heavy (non-hydrogen) atoms. The summed E-state index contributed by atoms with van der Waals surface area (Å²) >= 11 is 0. The average molecular weight is 418 g/mol. The van der Waals surface area contributed by atoms with E-state index in [1.165, 1.54) is 0 Å². The van der Waals surface area contributed by atoms with Gasteiger partial charge < -0.3 is 15.0 Å². The maximum Gasteiger partial charge on any atom is 0.404 e. The first-order valence-corrected chi connectivity index (χ1v) is 9.91. The normalized spacial score (nSPS) is 11.2. The number of tetrazole rings is 1. The predicted molar refractivity (Wildman–Crippen MR) is 117 cm³/mol. The molecule has 0 aliphatic heterocycles. The molecule has 0 radical (unpaired) electrons. The van der Waals surface area contributed by atoms with E-state index in [0.717, 1.165) is 11.1 Å². The number of pyridine rings is 1. The Labute approximate surface area is 177 Å². The zero-order chi connectivity index (χ0) is 22.0. The number of hydrogen-bond donors (Lipinski definition) is 3. The van der Waals surface area contributed by atoms with Crippen LogP contribution < -0.4 is 10.9 Å². The second kappa shape index (κ2) is 8.39. The monoisotopic (exact) mass is 418 g/mol. The van der Waals surface area contributed by atoms with Gasteiger partial charge in [-0.05, 0) is 34.2 Å². The van der Waals surface area contributed by atoms with Crippen LogP contribution in [0.5, 0.6) is 0 Å². The van der Waals surface area contributed by atoms with Crippen molar-refractivity contribution in [1.29, 1.82) is 0 Å². The third-order valence-electron chi connectivity index (χ3n) is 5.00. The van der Waals surface area contributed by atoms with Crippen molar-refractivity contribution in [3.05, 3.63) is 64.6 Å². The molecule has 0 saturated carbocycles. The van der Waals surface area contributed by atoms with Crippen molar-refractivity contribution in [2.75, 3.05) is 0 Å². The molecule has 9 heteroatoms. The van der Waals surface area contributed by atoms with Crippen LogP contribution in [0.4, 0.5) is 4.79 Å². The van der Waals surface area contributed by atoms with E-state index in [1.54, 1.807) is 16.7 Å². The number of nitrogens with one attached hydrogen (secondary N) is 2. The number of rotatable bonds is 6. The van der Waals surface area contributed by atoms with Crippen molar-refractivity contribution in [2.24, 2.45) is 5.92 Å². The highest BCUT2D eigenvalue weighted by atomic mass is 16.4. The second-order valence-electron chi connectivity index (χ2n) is 7.65. The number of carbonyl (C=O) groups is 1. The molecule has 1 amide bonds. The zero-order valence-corrected chi connectivity index (χ0v) is 17.2. The fourth-order valence-electron chi connectivity index (χ4n) is 3.75. The van der Waals surface area contributed by atoms with Gasteiger partial charge in [0, 0.05) is 28.8 Å². The lowest BCUT2D eigenvalue weighted by Gasteiger charge is -2.21. The standard InChI is InChI=1S/C22H22N6O3/c1-13(2)12-28-18(11-23-22(30)31)19(14-6-4-3-5-7-14)17-10-15(20-24-26-27-25-20)8-9-16(17)21(28)29/h3-10,13,23H,11-12H2,1-2H3,(H,30,31)(H,24,25,26,27). The molecule has 2 aromatic heterocycles. The lowest BCUT2D eigenvalue weighted by Crippen LogP contribution is -2.31. The molecule has 4 aromatic rings. The number of hydrogen-bond acceptors (Lipinski definition) is 5. The molecule has 158 valence electrons. The SMILES string of the molecule is CC(C)Cn1c(CNC(=O)O)c(-c2ccccc2)c2cc(-c3nn[nH]n3)ccc2c1=O. The van der Waals surface area contributed by atoms with Crippen molar-refractivity contribution >= 4 is 16.9 Å². The van der Waals surface area contributed by atoms with Gasteiger partial charge >= 0.3 is 6.09 Å². The quantitative estimate of drug-likeness (QED) is 0.441. The van der Waals surface area contributed by atoms with Gasteiger partial charge in [-0.2, -0.15) is 5.21 Å². The maximum atomic E-state index is 13.4. The number of aromatic nitrogens is 5. The Balaban J connectivity index is 2.09. The highest BCUT2D eigenvalue weighted by Crippen LogP contribution is 2.33. The summed E-state index contributed by atoms with van der Waals surface area (Å²) in [6.45, 7) is 4.51. The number of benzene rings is 2. The molecule has 0 aliphatic carbocycles. The van der Waals surface area contributed by atoms with Gasteiger partial charge in [0.2, 0.25) is 5.82 Å². The smallest absolute Gasteiger partial charge is 0.404 e. The maximum absolute atomic E-state index is 13.4. The summed E-state index contributed by atoms with van der Waals surface area (Å²) < 4.78 is 1.68. The Kier molecular flexibility index (Phi) is 5.48. The van der Waals surface area contributed by atoms with Crippen molar-refractivity contribution in [1.82, 2.24) is 30.5 Å². The summed E-state index contributed by atoms with van der Waals surface area (Å²) in [7, 11) is 0. The topological polar surface area (TPSA) is 126 Å². The molecule has 0 saturated heterocycles. The third-order valence-corrected chi connectivity index (χ3v) is 5.00. The number of fused-ring (bicyclic) bond motifs is 1. The van der Waals surface area contributed by atoms with Gasteiger partial charge in [-0.3, -0.25) is 4.79 Å². The van der Waals surface area contributed by atoms with Gasteiger partial charge in [-0.1, -0.05) is 50.2 Å². The molecule has 0 fully saturated rings. The molecule has 4 rings (SSSR count). The molecule has 3 N–H and O–H groups in total. The van der Waals surface area contributed by atoms with Gasteiger partial charge in [0.1, 0.15) is 0 Å². The fourth-order valence-corrected chi connectivity index (χ4v) is 3.75. The number of amides is 1. The molecule has 0 aliphatic rings. The molecule has 0 bridgehead atoms. The minimum absolute atomic E-state index is 0.00387. The van der Waals surface area contributed by atoms with Gasteiger partial charge in [0.15, 0.2) is 0 Å². The van der Waals surface area contributed by atoms with E-state index >= 15 is 0 Å². The summed E-state index contributed by atoms with van der Waals surface area (Å²) in [5.41, 5.74) is 2.85. The number of aromatic amines is 1. The van der Waals surface area contributed by atoms with E-state index in [2.05, 4.69) is 25.9 Å². The van der Waals surface area contributed by atoms with Gasteiger partial charge in [0.25, 0.3) is 5.56 Å². The Morgan fingerprint density at radius 2 is 1.90 bits per heavy atom. The van der Waals surface area contributed by atoms with Crippen LogP contribution >= 0.6 is 0 Å². The van der Waals surface area contributed by atoms with Crippen LogP contribution in [0.3, 0.4) is 0 Å². The second-order valence-corrected chi connectivity index (χ2v) is 7.65. The van der Waals surface area contributed by atoms with Crippen LogP contribution in [0.2, 0.25) is 0 Å². The van der Waals surface area contributed by atoms with Crippen molar-refractivity contribution in [3.63, 3.8) is 0 Å². The number of carboxylic acid groups (broad SMARTS) is 1. The van der Waals surface area contributed by atoms with Crippen LogP contribution in [-0.2, 0) is 13.1 Å². The van der Waals surface area contributed by atoms with E-state index in [0.29, 0.717) is 34.4 Å². The first-order chi connectivity index (χ1) is 15.0. The number of nitrogens with zero attached hydrogens (tertiary/aromatic N) is 4. The minimum atomic E-state index is -1.15. The van der Waals surface area contributed by atoms with Gasteiger partial charge in [-0.25, -0.2) is 4.79 Å². The van der Waals surface area contributed by atoms with E-state index in [4.69, 9.17) is 0 Å². The van der Waals surface area contributed by atoms with E-state index in [-0.39, 0.29) is 18.0 Å². The largest absolute Gasteiger partial charge is 0.465 e. The Hall–Kier alpha value is -4.01. The summed E-state index contributed by atoms with van der Waals surface area (Å²) in [4.78, 5) is 24.7. The molecule has 0 unspecified atom stereocenters. The summed E-state index contributed by atoms with van der Waals surface area (Å²) in [6.07, 6.45) is -1.15. The molecule has 0 spiro atoms. The molecule has 0 atom stereocenters. The lowest BCUT2D eigenvalue weighted by atomic mass is 9.94. The van der Waals surface area contributed by atoms with Crippen molar-refractivity contribution in [2.45, 2.75) is 26.9 Å². The van der Waals surface area contributed by atoms with Crippen LogP contribution in [0.15, 0.2) is 53.3 Å². The van der Waals surface area contributed by atoms with Crippen LogP contribution in [-0.4, -0.2) is 36.4 Å². The Morgan fingerprint density at radius 1 is 1.13 bits per heavy atom. The first-order valence-electron chi connectivity index (χ1n) is 9.91. The molecule has 2 heterocycles. The Bertz CT molecular complexity index is 1280. The van der Waals surface area contributed by atoms with Crippen LogP contribution in [0, 0.1) is 5.92 Å². The lowest BCUT2D eigenvalue weighted by molar-refractivity contribution is 0.193. The van der Waals surface area contributed by atoms with E-state index in [9.17, 15) is 14.7 Å². The van der Waals surface area contributed by atoms with Gasteiger partial charge in [-0.15, -0.1) is 10.2 Å². The average Bonchev–Trinajstić information content (AvgIpc) is 3.29. The minimum Gasteiger partial charge on any atom is -0.465 e. The predicted octanol–water partition coefficient (Wildman–Crippen LogP) is 3.27. The van der Waals surface area contributed by atoms with E-state index < -0.39 is 6.09 Å². The highest BCUT2D eigenvalue weighted by Gasteiger charge is 2.20. The van der Waals surface area contributed by atoms with Crippen LogP contribution in [0.25, 0.3) is 33.3 Å². The summed E-state index contributed by atoms with van der Waals surface area (Å²) in [6, 6.07) is 15.0. The zero-order valence-electron chi connectivity index (χ0n) is 17.2. The molecule has 2 aromatic carbocycles. The van der Waals surface area contributed by atoms with Crippen molar-refractivity contribution in [3.8, 4) is 22.5 Å². The summed E-state index contributed by atoms with van der Waals surface area (Å²) in [5.74, 6) is 0.610. The Morgan fingerprint density at radius 3 is 2.55 bits per heavy atom. The fraction of sp³-hybridized carbons (Fsp3) is 0.227. The number of H-pyrrole nitrogens is 1. The third kappa shape index (κ3) is 4.02.